The summed E-state index contributed by atoms with van der Waals surface area (Å²) in [6.07, 6.45) is 16.3. The molecule has 0 amide bonds. The maximum Gasteiger partial charge on any atom is 0.133 e. The molecule has 0 bridgehead atoms. The van der Waals surface area contributed by atoms with E-state index in [2.05, 4.69) is 101 Å². The fraction of sp³-hybridized carbons (Fsp3) is 0.667. The third-order valence-corrected chi connectivity index (χ3v) is 8.56. The molecule has 0 aliphatic rings. The van der Waals surface area contributed by atoms with Crippen LogP contribution in [-0.4, -0.2) is 54.4 Å². The summed E-state index contributed by atoms with van der Waals surface area (Å²) in [5.74, 6) is 0. The quantitative estimate of drug-likeness (QED) is 0.107. The molecule has 2 rings (SSSR count). The molecule has 226 valence electrons. The minimum absolute atomic E-state index is 0.896. The van der Waals surface area contributed by atoms with Gasteiger partial charge in [-0.3, -0.25) is 8.97 Å². The van der Waals surface area contributed by atoms with Gasteiger partial charge in [0.05, 0.1) is 28.2 Å². The number of quaternary nitrogens is 2. The van der Waals surface area contributed by atoms with Crippen molar-refractivity contribution >= 4 is 11.4 Å². The molecule has 2 aromatic carbocycles. The van der Waals surface area contributed by atoms with Crippen LogP contribution in [0, 0.1) is 0 Å². The second-order valence-corrected chi connectivity index (χ2v) is 13.0. The molecule has 4 nitrogen and oxygen atoms in total. The Kier molecular flexibility index (Phi) is 16.7. The van der Waals surface area contributed by atoms with Gasteiger partial charge in [-0.25, -0.2) is 0 Å². The molecule has 0 saturated carbocycles. The number of hydrogen-bond acceptors (Lipinski definition) is 2. The van der Waals surface area contributed by atoms with Crippen molar-refractivity contribution in [2.75, 3.05) is 54.4 Å². The summed E-state index contributed by atoms with van der Waals surface area (Å²) in [4.78, 5) is 0. The molecule has 0 aromatic heterocycles. The number of nitrogens with zero attached hydrogens (tertiary/aromatic N) is 2. The van der Waals surface area contributed by atoms with Crippen LogP contribution in [-0.2, 0) is 13.1 Å². The van der Waals surface area contributed by atoms with Crippen LogP contribution in [0.5, 0.6) is 0 Å². The standard InChI is InChI=1S/C36H64N4/c1-7-9-11-13-15-17-27-37-31-33-19-23-35(24-20-33)39(3,4)29-30-40(5,6)36-25-21-34(22-26-36)32-38-28-18-16-14-12-10-8-2/h19-26,37-38H,7-18,27-32H2,1-6H3/q+2. The summed E-state index contributed by atoms with van der Waals surface area (Å²) >= 11 is 0. The van der Waals surface area contributed by atoms with Gasteiger partial charge in [0.2, 0.25) is 0 Å². The average Bonchev–Trinajstić information content (AvgIpc) is 2.95. The van der Waals surface area contributed by atoms with Gasteiger partial charge in [-0.1, -0.05) is 102 Å². The van der Waals surface area contributed by atoms with Gasteiger partial charge in [-0.2, -0.15) is 0 Å². The van der Waals surface area contributed by atoms with E-state index in [0.717, 1.165) is 48.2 Å². The number of hydrogen-bond donors (Lipinski definition) is 2. The lowest BCUT2D eigenvalue weighted by Gasteiger charge is -2.35. The topological polar surface area (TPSA) is 24.1 Å². The van der Waals surface area contributed by atoms with Gasteiger partial charge in [0.1, 0.15) is 24.5 Å². The van der Waals surface area contributed by atoms with Crippen LogP contribution >= 0.6 is 0 Å². The molecule has 2 aromatic rings. The molecule has 40 heavy (non-hydrogen) atoms. The predicted molar refractivity (Wildman–Crippen MR) is 180 cm³/mol. The van der Waals surface area contributed by atoms with Crippen LogP contribution in [0.1, 0.15) is 102 Å². The minimum atomic E-state index is 0.896. The van der Waals surface area contributed by atoms with E-state index in [1.54, 1.807) is 0 Å². The third kappa shape index (κ3) is 13.8. The Morgan fingerprint density at radius 1 is 0.450 bits per heavy atom. The molecular formula is C36H64N4+2. The predicted octanol–water partition coefficient (Wildman–Crippen LogP) is 8.42. The highest BCUT2D eigenvalue weighted by Crippen LogP contribution is 2.23. The van der Waals surface area contributed by atoms with Crippen LogP contribution in [0.3, 0.4) is 0 Å². The maximum absolute atomic E-state index is 3.63. The summed E-state index contributed by atoms with van der Waals surface area (Å²) in [7, 11) is 9.35. The number of nitrogens with one attached hydrogen (secondary N) is 2. The fourth-order valence-corrected chi connectivity index (χ4v) is 5.32. The van der Waals surface area contributed by atoms with Crippen molar-refractivity contribution in [1.82, 2.24) is 19.6 Å². The lowest BCUT2D eigenvalue weighted by molar-refractivity contribution is 0.315. The van der Waals surface area contributed by atoms with Crippen molar-refractivity contribution in [3.63, 3.8) is 0 Å². The van der Waals surface area contributed by atoms with Crippen molar-refractivity contribution in [3.05, 3.63) is 59.7 Å². The monoisotopic (exact) mass is 553 g/mol. The van der Waals surface area contributed by atoms with Crippen molar-refractivity contribution in [2.24, 2.45) is 0 Å². The number of unbranched alkanes of at least 4 members (excludes halogenated alkanes) is 10. The minimum Gasteiger partial charge on any atom is -0.313 e. The SMILES string of the molecule is CCCCCCCCNCc1ccc([N+](C)(C)CC[N+](C)(C)c2ccc(CNCCCCCCCC)cc2)cc1. The van der Waals surface area contributed by atoms with Crippen LogP contribution < -0.4 is 19.6 Å². The molecule has 0 heterocycles. The highest BCUT2D eigenvalue weighted by Gasteiger charge is 2.26. The molecular weight excluding hydrogens is 488 g/mol. The van der Waals surface area contributed by atoms with E-state index >= 15 is 0 Å². The van der Waals surface area contributed by atoms with Crippen molar-refractivity contribution < 1.29 is 0 Å². The first-order valence-corrected chi connectivity index (χ1v) is 16.5. The largest absolute Gasteiger partial charge is 0.313 e. The number of benzene rings is 2. The lowest BCUT2D eigenvalue weighted by Crippen LogP contribution is -2.52. The second kappa shape index (κ2) is 19.4. The van der Waals surface area contributed by atoms with Crippen LogP contribution in [0.4, 0.5) is 11.4 Å². The average molecular weight is 553 g/mol. The Morgan fingerprint density at radius 2 is 0.775 bits per heavy atom. The third-order valence-electron chi connectivity index (χ3n) is 8.56. The summed E-state index contributed by atoms with van der Waals surface area (Å²) in [6.45, 7) is 10.9. The Hall–Kier alpha value is -1.72. The van der Waals surface area contributed by atoms with Gasteiger partial charge < -0.3 is 10.6 Å². The van der Waals surface area contributed by atoms with Gasteiger partial charge in [0.15, 0.2) is 0 Å². The van der Waals surface area contributed by atoms with Crippen molar-refractivity contribution in [3.8, 4) is 0 Å². The molecule has 0 spiro atoms. The van der Waals surface area contributed by atoms with E-state index in [0.29, 0.717) is 0 Å². The molecule has 0 aliphatic heterocycles. The van der Waals surface area contributed by atoms with Crippen molar-refractivity contribution in [1.29, 1.82) is 0 Å². The summed E-state index contributed by atoms with van der Waals surface area (Å²) < 4.78 is 1.79. The Balaban J connectivity index is 1.72. The number of rotatable bonds is 23. The van der Waals surface area contributed by atoms with E-state index in [-0.39, 0.29) is 0 Å². The van der Waals surface area contributed by atoms with Crippen molar-refractivity contribution in [2.45, 2.75) is 104 Å². The summed E-state index contributed by atoms with van der Waals surface area (Å²) in [6, 6.07) is 18.5. The van der Waals surface area contributed by atoms with Crippen LogP contribution in [0.2, 0.25) is 0 Å². The maximum atomic E-state index is 3.63. The Labute approximate surface area is 248 Å². The van der Waals surface area contributed by atoms with Crippen LogP contribution in [0.15, 0.2) is 48.5 Å². The zero-order valence-electron chi connectivity index (χ0n) is 27.2. The second-order valence-electron chi connectivity index (χ2n) is 13.0. The molecule has 2 N–H and O–H groups in total. The first kappa shape index (κ1) is 34.5. The molecule has 0 unspecified atom stereocenters. The Bertz CT molecular complexity index is 811. The fourth-order valence-electron chi connectivity index (χ4n) is 5.32. The van der Waals surface area contributed by atoms with Gasteiger partial charge in [0.25, 0.3) is 0 Å². The summed E-state index contributed by atoms with van der Waals surface area (Å²) in [5, 5.41) is 7.26. The van der Waals surface area contributed by atoms with Crippen LogP contribution in [0.25, 0.3) is 0 Å². The molecule has 0 aliphatic carbocycles. The van der Waals surface area contributed by atoms with E-state index < -0.39 is 0 Å². The first-order valence-electron chi connectivity index (χ1n) is 16.5. The van der Waals surface area contributed by atoms with Gasteiger partial charge in [-0.05, 0) is 61.3 Å². The van der Waals surface area contributed by atoms with E-state index in [4.69, 9.17) is 0 Å². The molecule has 0 fully saturated rings. The molecule has 0 atom stereocenters. The number of likely N-dealkylation sites (N-methyl/N-ethyl adjacent to an activating group) is 2. The summed E-state index contributed by atoms with van der Waals surface area (Å²) in [5.41, 5.74) is 5.53. The highest BCUT2D eigenvalue weighted by atomic mass is 15.4. The smallest absolute Gasteiger partial charge is 0.133 e. The van der Waals surface area contributed by atoms with E-state index in [1.807, 2.05) is 0 Å². The van der Waals surface area contributed by atoms with Gasteiger partial charge in [0, 0.05) is 13.1 Å². The molecule has 0 radical (unpaired) electrons. The molecule has 4 heteroatoms. The zero-order valence-corrected chi connectivity index (χ0v) is 27.2. The van der Waals surface area contributed by atoms with Gasteiger partial charge in [-0.15, -0.1) is 0 Å². The van der Waals surface area contributed by atoms with Gasteiger partial charge >= 0.3 is 0 Å². The lowest BCUT2D eigenvalue weighted by atomic mass is 10.1. The first-order chi connectivity index (χ1) is 19.3. The zero-order chi connectivity index (χ0) is 29.1. The normalized spacial score (nSPS) is 12.2. The van der Waals surface area contributed by atoms with E-state index in [1.165, 1.54) is 99.6 Å². The highest BCUT2D eigenvalue weighted by molar-refractivity contribution is 5.45. The van der Waals surface area contributed by atoms with E-state index in [9.17, 15) is 0 Å². The molecule has 0 saturated heterocycles. The Morgan fingerprint density at radius 3 is 1.12 bits per heavy atom.